The van der Waals surface area contributed by atoms with Crippen LogP contribution in [0.5, 0.6) is 0 Å². The Morgan fingerprint density at radius 1 is 0.950 bits per heavy atom. The van der Waals surface area contributed by atoms with Crippen LogP contribution in [0.4, 0.5) is 0 Å². The first kappa shape index (κ1) is 15.4. The normalized spacial score (nSPS) is 11.4. The van der Waals surface area contributed by atoms with Gasteiger partial charge in [-0.05, 0) is 24.3 Å². The zero-order valence-electron chi connectivity index (χ0n) is 10.3. The summed E-state index contributed by atoms with van der Waals surface area (Å²) >= 11 is 5.43. The van der Waals surface area contributed by atoms with E-state index in [0.717, 1.165) is 0 Å². The molecule has 20 heavy (non-hydrogen) atoms. The zero-order valence-corrected chi connectivity index (χ0v) is 11.0. The number of amidine groups is 1. The molecule has 2 aromatic rings. The number of oxime groups is 2. The summed E-state index contributed by atoms with van der Waals surface area (Å²) in [5.41, 5.74) is 6.17. The predicted octanol–water partition coefficient (Wildman–Crippen LogP) is 1.63. The van der Waals surface area contributed by atoms with Crippen molar-refractivity contribution in [1.82, 2.24) is 9.97 Å². The summed E-state index contributed by atoms with van der Waals surface area (Å²) in [5.74, 6) is 0.0283. The second-order valence-corrected chi connectivity index (χ2v) is 3.66. The summed E-state index contributed by atoms with van der Waals surface area (Å²) in [6, 6.07) is 10.4. The molecule has 0 unspecified atom stereocenters. The average molecular weight is 294 g/mol. The molecule has 0 saturated carbocycles. The lowest BCUT2D eigenvalue weighted by Crippen LogP contribution is -2.14. The molecule has 0 saturated heterocycles. The van der Waals surface area contributed by atoms with Gasteiger partial charge in [-0.2, -0.15) is 0 Å². The highest BCUT2D eigenvalue weighted by Gasteiger charge is 1.97. The van der Waals surface area contributed by atoms with Gasteiger partial charge in [0.1, 0.15) is 11.4 Å². The third-order valence-electron chi connectivity index (χ3n) is 2.00. The fourth-order valence-corrected chi connectivity index (χ4v) is 1.21. The molecule has 0 aliphatic carbocycles. The largest absolute Gasteiger partial charge is 0.410 e. The lowest BCUT2D eigenvalue weighted by atomic mass is 10.3. The van der Waals surface area contributed by atoms with Crippen LogP contribution < -0.4 is 5.73 Å². The van der Waals surface area contributed by atoms with Gasteiger partial charge in [0.25, 0.3) is 0 Å². The maximum atomic E-state index is 8.21. The van der Waals surface area contributed by atoms with Crippen LogP contribution in [0.3, 0.4) is 0 Å². The van der Waals surface area contributed by atoms with Gasteiger partial charge in [-0.1, -0.05) is 34.0 Å². The van der Waals surface area contributed by atoms with E-state index in [2.05, 4.69) is 20.3 Å². The highest BCUT2D eigenvalue weighted by Crippen LogP contribution is 1.98. The minimum Gasteiger partial charge on any atom is -0.410 e. The van der Waals surface area contributed by atoms with Crippen molar-refractivity contribution in [2.24, 2.45) is 16.0 Å². The summed E-state index contributed by atoms with van der Waals surface area (Å²) < 4.78 is 0. The molecule has 2 aromatic heterocycles. The number of pyridine rings is 2. The van der Waals surface area contributed by atoms with Gasteiger partial charge in [-0.25, -0.2) is 0 Å². The highest BCUT2D eigenvalue weighted by atomic mass is 35.5. The monoisotopic (exact) mass is 293 g/mol. The first-order valence-electron chi connectivity index (χ1n) is 5.37. The molecule has 104 valence electrons. The van der Waals surface area contributed by atoms with Gasteiger partial charge in [0.15, 0.2) is 11.0 Å². The van der Waals surface area contributed by atoms with Crippen LogP contribution in [0.15, 0.2) is 59.1 Å². The van der Waals surface area contributed by atoms with Gasteiger partial charge in [0.2, 0.25) is 0 Å². The van der Waals surface area contributed by atoms with Crippen LogP contribution in [0.2, 0.25) is 0 Å². The smallest absolute Gasteiger partial charge is 0.193 e. The number of nitrogens with two attached hydrogens (primary N) is 1. The van der Waals surface area contributed by atoms with Gasteiger partial charge in [-0.3, -0.25) is 9.97 Å². The van der Waals surface area contributed by atoms with E-state index in [1.54, 1.807) is 48.8 Å². The van der Waals surface area contributed by atoms with Gasteiger partial charge in [0, 0.05) is 12.4 Å². The van der Waals surface area contributed by atoms with Gasteiger partial charge in [0.05, 0.1) is 0 Å². The molecule has 8 heteroatoms. The van der Waals surface area contributed by atoms with E-state index in [1.807, 2.05) is 0 Å². The molecule has 2 rings (SSSR count). The molecule has 4 N–H and O–H groups in total. The van der Waals surface area contributed by atoms with E-state index in [4.69, 9.17) is 27.7 Å². The summed E-state index contributed by atoms with van der Waals surface area (Å²) in [7, 11) is 0. The molecule has 0 amide bonds. The summed E-state index contributed by atoms with van der Waals surface area (Å²) in [4.78, 5) is 7.66. The number of halogens is 1. The van der Waals surface area contributed by atoms with Crippen molar-refractivity contribution in [3.8, 4) is 0 Å². The number of rotatable bonds is 2. The molecule has 0 aliphatic heterocycles. The van der Waals surface area contributed by atoms with Crippen molar-refractivity contribution in [2.45, 2.75) is 0 Å². The van der Waals surface area contributed by atoms with Crippen molar-refractivity contribution < 1.29 is 10.4 Å². The van der Waals surface area contributed by atoms with E-state index in [1.165, 1.54) is 0 Å². The van der Waals surface area contributed by atoms with E-state index >= 15 is 0 Å². The summed E-state index contributed by atoms with van der Waals surface area (Å²) in [6.45, 7) is 0. The zero-order chi connectivity index (χ0) is 14.8. The Morgan fingerprint density at radius 3 is 1.90 bits per heavy atom. The Labute approximate surface area is 120 Å². The molecule has 0 bridgehead atoms. The standard InChI is InChI=1S/C6H5ClN2O.C6H7N3O/c2*7-6(9-10)5-3-1-2-4-8-5/h1-4,10H;1-4,10H,(H2,7,9)/b9-6-;. The van der Waals surface area contributed by atoms with Crippen LogP contribution in [-0.4, -0.2) is 31.4 Å². The Morgan fingerprint density at radius 2 is 1.50 bits per heavy atom. The maximum absolute atomic E-state index is 8.21. The fraction of sp³-hybridized carbons (Fsp3) is 0. The van der Waals surface area contributed by atoms with Crippen LogP contribution >= 0.6 is 11.6 Å². The van der Waals surface area contributed by atoms with Crippen LogP contribution in [-0.2, 0) is 0 Å². The van der Waals surface area contributed by atoms with Crippen molar-refractivity contribution >= 4 is 22.6 Å². The quantitative estimate of drug-likeness (QED) is 0.337. The Kier molecular flexibility index (Phi) is 6.49. The van der Waals surface area contributed by atoms with Gasteiger partial charge in [-0.15, -0.1) is 0 Å². The van der Waals surface area contributed by atoms with Gasteiger partial charge < -0.3 is 16.1 Å². The second-order valence-electron chi connectivity index (χ2n) is 3.31. The molecular weight excluding hydrogens is 282 g/mol. The third-order valence-corrected chi connectivity index (χ3v) is 2.27. The molecule has 2 heterocycles. The first-order valence-corrected chi connectivity index (χ1v) is 5.74. The van der Waals surface area contributed by atoms with Crippen molar-refractivity contribution in [3.05, 3.63) is 60.2 Å². The molecule has 0 spiro atoms. The van der Waals surface area contributed by atoms with E-state index in [9.17, 15) is 0 Å². The molecule has 0 radical (unpaired) electrons. The third kappa shape index (κ3) is 4.91. The van der Waals surface area contributed by atoms with E-state index in [-0.39, 0.29) is 11.0 Å². The molecule has 7 nitrogen and oxygen atoms in total. The van der Waals surface area contributed by atoms with Crippen LogP contribution in [0.25, 0.3) is 0 Å². The SMILES string of the molecule is N/C(=N\O)c1ccccn1.O/N=C(\Cl)c1ccccn1. The minimum absolute atomic E-state index is 0.000556. The van der Waals surface area contributed by atoms with Crippen molar-refractivity contribution in [3.63, 3.8) is 0 Å². The fourth-order valence-electron chi connectivity index (χ4n) is 1.10. The van der Waals surface area contributed by atoms with Crippen LogP contribution in [0, 0.1) is 0 Å². The van der Waals surface area contributed by atoms with Crippen LogP contribution in [0.1, 0.15) is 11.4 Å². The van der Waals surface area contributed by atoms with Gasteiger partial charge >= 0.3 is 0 Å². The Bertz CT molecular complexity index is 521. The van der Waals surface area contributed by atoms with Crippen molar-refractivity contribution in [2.75, 3.05) is 0 Å². The molecule has 0 aliphatic rings. The molecule has 0 fully saturated rings. The van der Waals surface area contributed by atoms with E-state index < -0.39 is 0 Å². The molecular formula is C12H12ClN5O2. The first-order chi connectivity index (χ1) is 9.69. The van der Waals surface area contributed by atoms with E-state index in [0.29, 0.717) is 11.4 Å². The summed E-state index contributed by atoms with van der Waals surface area (Å²) in [6.07, 6.45) is 3.15. The number of hydrogen-bond donors (Lipinski definition) is 3. The second kappa shape index (κ2) is 8.44. The topological polar surface area (TPSA) is 117 Å². The Balaban J connectivity index is 0.000000200. The highest BCUT2D eigenvalue weighted by molar-refractivity contribution is 6.69. The van der Waals surface area contributed by atoms with Crippen molar-refractivity contribution in [1.29, 1.82) is 0 Å². The number of hydrogen-bond acceptors (Lipinski definition) is 6. The number of aromatic nitrogens is 2. The Hall–Kier alpha value is -2.67. The molecule has 0 aromatic carbocycles. The minimum atomic E-state index is 0.000556. The maximum Gasteiger partial charge on any atom is 0.193 e. The lowest BCUT2D eigenvalue weighted by Gasteiger charge is -1.93. The average Bonchev–Trinajstić information content (AvgIpc) is 2.55. The number of nitrogens with zero attached hydrogens (tertiary/aromatic N) is 4. The lowest BCUT2D eigenvalue weighted by molar-refractivity contribution is 0.318. The molecule has 0 atom stereocenters. The predicted molar refractivity (Wildman–Crippen MR) is 75.2 cm³/mol. The summed E-state index contributed by atoms with van der Waals surface area (Å²) in [5, 5.41) is 22.0.